The van der Waals surface area contributed by atoms with E-state index >= 15 is 0 Å². The fourth-order valence-electron chi connectivity index (χ4n) is 2.02. The molecular weight excluding hydrogens is 206 g/mol. The first-order valence-electron chi connectivity index (χ1n) is 5.32. The molecule has 1 atom stereocenters. The third-order valence-electron chi connectivity index (χ3n) is 2.81. The molecule has 3 rings (SSSR count). The normalized spacial score (nSPS) is 21.4. The predicted octanol–water partition coefficient (Wildman–Crippen LogP) is 0.701. The number of aromatic hydroxyl groups is 1. The largest absolute Gasteiger partial charge is 0.506 e. The van der Waals surface area contributed by atoms with Crippen LogP contribution in [0.25, 0.3) is 5.52 Å². The fourth-order valence-corrected chi connectivity index (χ4v) is 2.02. The lowest BCUT2D eigenvalue weighted by Gasteiger charge is -2.22. The summed E-state index contributed by atoms with van der Waals surface area (Å²) in [5, 5.41) is 13.0. The number of morpholine rings is 1. The molecule has 0 amide bonds. The van der Waals surface area contributed by atoms with Crippen molar-refractivity contribution in [2.24, 2.45) is 0 Å². The van der Waals surface area contributed by atoms with Gasteiger partial charge in [-0.1, -0.05) is 0 Å². The van der Waals surface area contributed by atoms with E-state index in [9.17, 15) is 5.11 Å². The smallest absolute Gasteiger partial charge is 0.141 e. The minimum atomic E-state index is 0.0954. The van der Waals surface area contributed by atoms with E-state index in [4.69, 9.17) is 4.74 Å². The molecule has 0 spiro atoms. The molecule has 1 aliphatic heterocycles. The van der Waals surface area contributed by atoms with Crippen LogP contribution in [0.2, 0.25) is 0 Å². The van der Waals surface area contributed by atoms with Gasteiger partial charge < -0.3 is 15.2 Å². The highest BCUT2D eigenvalue weighted by Crippen LogP contribution is 2.22. The van der Waals surface area contributed by atoms with E-state index < -0.39 is 0 Å². The van der Waals surface area contributed by atoms with Gasteiger partial charge in [0.25, 0.3) is 0 Å². The van der Waals surface area contributed by atoms with Gasteiger partial charge in [-0.2, -0.15) is 0 Å². The van der Waals surface area contributed by atoms with E-state index in [-0.39, 0.29) is 11.8 Å². The molecule has 5 heteroatoms. The van der Waals surface area contributed by atoms with Gasteiger partial charge >= 0.3 is 0 Å². The Balaban J connectivity index is 2.06. The number of nitrogens with one attached hydrogen (secondary N) is 1. The molecule has 0 bridgehead atoms. The number of ether oxygens (including phenoxy) is 1. The second-order valence-corrected chi connectivity index (χ2v) is 3.85. The molecule has 2 aromatic rings. The molecule has 1 aliphatic rings. The molecule has 0 radical (unpaired) electrons. The Labute approximate surface area is 92.7 Å². The summed E-state index contributed by atoms with van der Waals surface area (Å²) in [7, 11) is 0. The van der Waals surface area contributed by atoms with Crippen LogP contribution in [0.4, 0.5) is 0 Å². The number of imidazole rings is 1. The van der Waals surface area contributed by atoms with Gasteiger partial charge in [0.1, 0.15) is 17.1 Å². The van der Waals surface area contributed by atoms with E-state index in [1.165, 1.54) is 0 Å². The maximum absolute atomic E-state index is 9.67. The summed E-state index contributed by atoms with van der Waals surface area (Å²) < 4.78 is 7.30. The van der Waals surface area contributed by atoms with Crippen LogP contribution >= 0.6 is 0 Å². The molecule has 16 heavy (non-hydrogen) atoms. The van der Waals surface area contributed by atoms with Crippen LogP contribution in [-0.2, 0) is 4.74 Å². The number of fused-ring (bicyclic) bond motifs is 1. The topological polar surface area (TPSA) is 58.8 Å². The zero-order valence-corrected chi connectivity index (χ0v) is 8.76. The Bertz CT molecular complexity index is 503. The zero-order chi connectivity index (χ0) is 11.0. The first-order chi connectivity index (χ1) is 7.86. The third kappa shape index (κ3) is 1.45. The van der Waals surface area contributed by atoms with Crippen LogP contribution in [0.15, 0.2) is 24.5 Å². The van der Waals surface area contributed by atoms with Crippen molar-refractivity contribution in [3.63, 3.8) is 0 Å². The van der Waals surface area contributed by atoms with Crippen LogP contribution in [-0.4, -0.2) is 34.2 Å². The van der Waals surface area contributed by atoms with E-state index in [1.807, 2.05) is 10.6 Å². The Morgan fingerprint density at radius 1 is 1.56 bits per heavy atom. The van der Waals surface area contributed by atoms with Crippen molar-refractivity contribution >= 4 is 5.52 Å². The molecule has 1 unspecified atom stereocenters. The first-order valence-corrected chi connectivity index (χ1v) is 5.32. The summed E-state index contributed by atoms with van der Waals surface area (Å²) in [6, 6.07) is 3.56. The van der Waals surface area contributed by atoms with E-state index in [0.29, 0.717) is 6.61 Å². The Hall–Kier alpha value is -1.59. The number of aromatic nitrogens is 2. The van der Waals surface area contributed by atoms with Gasteiger partial charge in [0, 0.05) is 12.7 Å². The maximum atomic E-state index is 9.67. The lowest BCUT2D eigenvalue weighted by Crippen LogP contribution is -2.35. The van der Waals surface area contributed by atoms with Gasteiger partial charge in [0.05, 0.1) is 25.5 Å². The van der Waals surface area contributed by atoms with Gasteiger partial charge in [-0.05, 0) is 12.1 Å². The number of hydrogen-bond acceptors (Lipinski definition) is 4. The lowest BCUT2D eigenvalue weighted by molar-refractivity contribution is 0.0740. The first kappa shape index (κ1) is 9.62. The lowest BCUT2D eigenvalue weighted by atomic mass is 10.2. The molecule has 1 saturated heterocycles. The highest BCUT2D eigenvalue weighted by atomic mass is 16.5. The van der Waals surface area contributed by atoms with E-state index in [1.54, 1.807) is 18.3 Å². The zero-order valence-electron chi connectivity index (χ0n) is 8.76. The quantitative estimate of drug-likeness (QED) is 0.741. The number of nitrogens with zero attached hydrogens (tertiary/aromatic N) is 2. The van der Waals surface area contributed by atoms with E-state index in [0.717, 1.165) is 24.5 Å². The second kappa shape index (κ2) is 3.77. The van der Waals surface area contributed by atoms with E-state index in [2.05, 4.69) is 10.3 Å². The predicted molar refractivity (Wildman–Crippen MR) is 58.4 cm³/mol. The van der Waals surface area contributed by atoms with Crippen molar-refractivity contribution in [3.8, 4) is 5.75 Å². The van der Waals surface area contributed by atoms with Crippen LogP contribution in [0.3, 0.4) is 0 Å². The van der Waals surface area contributed by atoms with Gasteiger partial charge in [-0.15, -0.1) is 0 Å². The van der Waals surface area contributed by atoms with Crippen LogP contribution < -0.4 is 5.32 Å². The highest BCUT2D eigenvalue weighted by Gasteiger charge is 2.20. The van der Waals surface area contributed by atoms with Gasteiger partial charge in [-0.3, -0.25) is 4.40 Å². The van der Waals surface area contributed by atoms with Crippen LogP contribution in [0.1, 0.15) is 11.9 Å². The summed E-state index contributed by atoms with van der Waals surface area (Å²) in [5.74, 6) is 1.13. The van der Waals surface area contributed by atoms with Crippen molar-refractivity contribution in [2.45, 2.75) is 6.04 Å². The van der Waals surface area contributed by atoms with Gasteiger partial charge in [0.2, 0.25) is 0 Å². The Morgan fingerprint density at radius 2 is 2.50 bits per heavy atom. The molecule has 1 fully saturated rings. The van der Waals surface area contributed by atoms with Crippen molar-refractivity contribution in [1.29, 1.82) is 0 Å². The molecule has 5 nitrogen and oxygen atoms in total. The van der Waals surface area contributed by atoms with Crippen LogP contribution in [0, 0.1) is 0 Å². The average molecular weight is 219 g/mol. The van der Waals surface area contributed by atoms with Gasteiger partial charge in [0.15, 0.2) is 0 Å². The molecule has 3 heterocycles. The Morgan fingerprint density at radius 3 is 3.31 bits per heavy atom. The molecule has 2 N–H and O–H groups in total. The van der Waals surface area contributed by atoms with Crippen molar-refractivity contribution in [2.75, 3.05) is 19.8 Å². The summed E-state index contributed by atoms with van der Waals surface area (Å²) >= 11 is 0. The standard InChI is InChI=1S/C11H13N3O2/c15-10-2-1-4-14-9(10)6-13-11(14)8-7-16-5-3-12-8/h1-2,4,6,8,12,15H,3,5,7H2. The Kier molecular flexibility index (Phi) is 2.27. The number of hydrogen-bond donors (Lipinski definition) is 2. The van der Waals surface area contributed by atoms with Crippen LogP contribution in [0.5, 0.6) is 5.75 Å². The summed E-state index contributed by atoms with van der Waals surface area (Å²) in [5.41, 5.74) is 0.727. The minimum absolute atomic E-state index is 0.0954. The highest BCUT2D eigenvalue weighted by molar-refractivity contribution is 5.58. The second-order valence-electron chi connectivity index (χ2n) is 3.85. The maximum Gasteiger partial charge on any atom is 0.141 e. The molecule has 0 saturated carbocycles. The van der Waals surface area contributed by atoms with Crippen molar-refractivity contribution < 1.29 is 9.84 Å². The van der Waals surface area contributed by atoms with Gasteiger partial charge in [-0.25, -0.2) is 4.98 Å². The summed E-state index contributed by atoms with van der Waals surface area (Å²) in [6.45, 7) is 2.19. The molecule has 2 aromatic heterocycles. The fraction of sp³-hybridized carbons (Fsp3) is 0.364. The summed E-state index contributed by atoms with van der Waals surface area (Å²) in [4.78, 5) is 4.34. The molecule has 0 aromatic carbocycles. The third-order valence-corrected chi connectivity index (χ3v) is 2.81. The molecule has 84 valence electrons. The van der Waals surface area contributed by atoms with Crippen molar-refractivity contribution in [1.82, 2.24) is 14.7 Å². The SMILES string of the molecule is Oc1cccn2c(C3COCCN3)ncc12. The molecular formula is C11H13N3O2. The number of rotatable bonds is 1. The minimum Gasteiger partial charge on any atom is -0.506 e. The average Bonchev–Trinajstić information content (AvgIpc) is 2.75. The van der Waals surface area contributed by atoms with Crippen molar-refractivity contribution in [3.05, 3.63) is 30.4 Å². The summed E-state index contributed by atoms with van der Waals surface area (Å²) in [6.07, 6.45) is 3.58. The monoisotopic (exact) mass is 219 g/mol. The number of pyridine rings is 1. The molecule has 0 aliphatic carbocycles.